The molecule has 34 heavy (non-hydrogen) atoms. The van der Waals surface area contributed by atoms with Crippen LogP contribution >= 0.6 is 0 Å². The summed E-state index contributed by atoms with van der Waals surface area (Å²) in [6.07, 6.45) is 1.47. The van der Waals surface area contributed by atoms with Gasteiger partial charge in [-0.05, 0) is 55.3 Å². The number of carbonyl (C=O) groups excluding carboxylic acids is 1. The predicted molar refractivity (Wildman–Crippen MR) is 133 cm³/mol. The van der Waals surface area contributed by atoms with Crippen LogP contribution < -0.4 is 16.0 Å². The maximum atomic E-state index is 13.5. The summed E-state index contributed by atoms with van der Waals surface area (Å²) in [4.78, 5) is 17.7. The highest BCUT2D eigenvalue weighted by Gasteiger charge is 2.17. The summed E-state index contributed by atoms with van der Waals surface area (Å²) in [6.45, 7) is 5.91. The van der Waals surface area contributed by atoms with E-state index in [1.54, 1.807) is 30.3 Å². The maximum absolute atomic E-state index is 13.5. The van der Waals surface area contributed by atoms with Gasteiger partial charge in [-0.25, -0.2) is 9.37 Å². The van der Waals surface area contributed by atoms with Gasteiger partial charge in [0.2, 0.25) is 0 Å². The lowest BCUT2D eigenvalue weighted by Gasteiger charge is -2.18. The second-order valence-electron chi connectivity index (χ2n) is 7.93. The number of nitrogens with one attached hydrogen (secondary N) is 3. The lowest BCUT2D eigenvalue weighted by molar-refractivity contribution is 0.0950. The lowest BCUT2D eigenvalue weighted by Crippen LogP contribution is -2.40. The second-order valence-corrected chi connectivity index (χ2v) is 7.93. The van der Waals surface area contributed by atoms with Gasteiger partial charge in [-0.3, -0.25) is 4.79 Å². The molecule has 0 saturated heterocycles. The third-order valence-corrected chi connectivity index (χ3v) is 5.55. The van der Waals surface area contributed by atoms with Crippen molar-refractivity contribution in [2.75, 3.05) is 25.0 Å². The maximum Gasteiger partial charge on any atom is 0.255 e. The van der Waals surface area contributed by atoms with Gasteiger partial charge in [-0.1, -0.05) is 44.2 Å². The van der Waals surface area contributed by atoms with E-state index in [-0.39, 0.29) is 17.8 Å². The van der Waals surface area contributed by atoms with Gasteiger partial charge in [0.25, 0.3) is 5.91 Å². The smallest absolute Gasteiger partial charge is 0.255 e. The number of rotatable bonds is 11. The van der Waals surface area contributed by atoms with Crippen molar-refractivity contribution in [2.24, 2.45) is 0 Å². The number of nitriles is 1. The Bertz CT molecular complexity index is 1160. The molecule has 176 valence electrons. The van der Waals surface area contributed by atoms with Gasteiger partial charge in [0.05, 0.1) is 22.9 Å². The Kier molecular flexibility index (Phi) is 9.12. The molecule has 0 aliphatic heterocycles. The van der Waals surface area contributed by atoms with Gasteiger partial charge in [-0.2, -0.15) is 5.26 Å². The fourth-order valence-corrected chi connectivity index (χ4v) is 3.71. The molecule has 1 unspecified atom stereocenters. The van der Waals surface area contributed by atoms with Crippen LogP contribution in [0.2, 0.25) is 0 Å². The first-order chi connectivity index (χ1) is 16.5. The third-order valence-electron chi connectivity index (χ3n) is 5.55. The molecule has 0 aliphatic rings. The van der Waals surface area contributed by atoms with Crippen molar-refractivity contribution in [3.8, 4) is 17.3 Å². The van der Waals surface area contributed by atoms with E-state index in [0.29, 0.717) is 47.7 Å². The van der Waals surface area contributed by atoms with E-state index in [1.165, 1.54) is 12.1 Å². The number of hydrogen-bond acceptors (Lipinski definition) is 5. The van der Waals surface area contributed by atoms with Crippen LogP contribution in [0.1, 0.15) is 41.8 Å². The highest BCUT2D eigenvalue weighted by atomic mass is 19.1. The van der Waals surface area contributed by atoms with Crippen LogP contribution in [-0.4, -0.2) is 36.6 Å². The molecule has 3 aromatic rings. The number of pyridine rings is 1. The Hall–Kier alpha value is -3.76. The van der Waals surface area contributed by atoms with Crippen LogP contribution in [0.5, 0.6) is 0 Å². The molecule has 3 rings (SSSR count). The zero-order valence-corrected chi connectivity index (χ0v) is 19.6. The molecule has 0 aliphatic carbocycles. The average Bonchev–Trinajstić information content (AvgIpc) is 2.86. The first-order valence-electron chi connectivity index (χ1n) is 11.6. The molecule has 0 radical (unpaired) electrons. The second kappa shape index (κ2) is 12.5. The number of likely N-dealkylation sites (N-methyl/N-ethyl adjacent to an activating group) is 1. The van der Waals surface area contributed by atoms with Crippen LogP contribution in [0, 0.1) is 17.1 Å². The fourth-order valence-electron chi connectivity index (χ4n) is 3.71. The normalized spacial score (nSPS) is 11.5. The number of anilines is 1. The van der Waals surface area contributed by atoms with Gasteiger partial charge in [-0.15, -0.1) is 0 Å². The van der Waals surface area contributed by atoms with Crippen LogP contribution in [0.3, 0.4) is 0 Å². The minimum Gasteiger partial charge on any atom is -0.369 e. The van der Waals surface area contributed by atoms with Gasteiger partial charge in [0.1, 0.15) is 11.6 Å². The molecular formula is C27H30FN5O. The molecule has 7 heteroatoms. The predicted octanol–water partition coefficient (Wildman–Crippen LogP) is 4.53. The van der Waals surface area contributed by atoms with Crippen LogP contribution in [0.25, 0.3) is 11.3 Å². The molecule has 0 saturated carbocycles. The van der Waals surface area contributed by atoms with Crippen LogP contribution in [0.4, 0.5) is 10.2 Å². The lowest BCUT2D eigenvalue weighted by atomic mass is 10.0. The van der Waals surface area contributed by atoms with Gasteiger partial charge in [0, 0.05) is 24.7 Å². The first-order valence-corrected chi connectivity index (χ1v) is 11.6. The van der Waals surface area contributed by atoms with Gasteiger partial charge >= 0.3 is 0 Å². The first kappa shape index (κ1) is 24.9. The van der Waals surface area contributed by atoms with Crippen LogP contribution in [0.15, 0.2) is 60.7 Å². The Morgan fingerprint density at radius 3 is 2.68 bits per heavy atom. The molecule has 0 bridgehead atoms. The Balaban J connectivity index is 1.84. The fraction of sp³-hybridized carbons (Fsp3) is 0.296. The zero-order chi connectivity index (χ0) is 24.3. The van der Waals surface area contributed by atoms with Crippen molar-refractivity contribution in [1.29, 1.82) is 5.26 Å². The van der Waals surface area contributed by atoms with Gasteiger partial charge in [0.15, 0.2) is 0 Å². The number of aromatic nitrogens is 1. The number of benzene rings is 2. The van der Waals surface area contributed by atoms with Crippen molar-refractivity contribution in [3.63, 3.8) is 0 Å². The minimum atomic E-state index is -0.281. The molecule has 0 spiro atoms. The molecule has 1 heterocycles. The molecule has 3 N–H and O–H groups in total. The average molecular weight is 460 g/mol. The van der Waals surface area contributed by atoms with E-state index >= 15 is 0 Å². The van der Waals surface area contributed by atoms with Crippen molar-refractivity contribution in [1.82, 2.24) is 15.6 Å². The highest BCUT2D eigenvalue weighted by molar-refractivity contribution is 5.99. The highest BCUT2D eigenvalue weighted by Crippen LogP contribution is 2.25. The summed E-state index contributed by atoms with van der Waals surface area (Å²) < 4.78 is 13.5. The third kappa shape index (κ3) is 6.63. The summed E-state index contributed by atoms with van der Waals surface area (Å²) in [5, 5.41) is 19.1. The van der Waals surface area contributed by atoms with Crippen molar-refractivity contribution >= 4 is 11.7 Å². The molecule has 1 aromatic heterocycles. The van der Waals surface area contributed by atoms with Crippen molar-refractivity contribution < 1.29 is 9.18 Å². The zero-order valence-electron chi connectivity index (χ0n) is 19.6. The van der Waals surface area contributed by atoms with Crippen LogP contribution in [-0.2, 0) is 6.42 Å². The van der Waals surface area contributed by atoms with Crippen molar-refractivity contribution in [2.45, 2.75) is 32.7 Å². The molecule has 1 atom stereocenters. The van der Waals surface area contributed by atoms with E-state index in [9.17, 15) is 14.4 Å². The van der Waals surface area contributed by atoms with Crippen molar-refractivity contribution in [3.05, 3.63) is 83.2 Å². The Morgan fingerprint density at radius 1 is 1.12 bits per heavy atom. The Labute approximate surface area is 200 Å². The largest absolute Gasteiger partial charge is 0.369 e. The number of hydrogen-bond donors (Lipinski definition) is 3. The SMILES string of the molecule is CCNC(CC)CNC(=O)c1ccc(-c2ccccc2C#N)nc1NCCc1cccc(F)c1. The van der Waals surface area contributed by atoms with E-state index in [4.69, 9.17) is 4.98 Å². The number of amides is 1. The quantitative estimate of drug-likeness (QED) is 0.392. The summed E-state index contributed by atoms with van der Waals surface area (Å²) >= 11 is 0. The summed E-state index contributed by atoms with van der Waals surface area (Å²) in [5.74, 6) is -0.0789. The minimum absolute atomic E-state index is 0.188. The molecule has 0 fully saturated rings. The number of nitrogens with zero attached hydrogens (tertiary/aromatic N) is 2. The monoisotopic (exact) mass is 459 g/mol. The summed E-state index contributed by atoms with van der Waals surface area (Å²) in [5.41, 5.74) is 3.07. The summed E-state index contributed by atoms with van der Waals surface area (Å²) in [6, 6.07) is 19.5. The van der Waals surface area contributed by atoms with E-state index in [1.807, 2.05) is 25.1 Å². The standard InChI is InChI=1S/C27H30FN5O/c1-3-22(30-4-2)18-32-27(34)24-12-13-25(23-11-6-5-9-20(23)17-29)33-26(24)31-15-14-19-8-7-10-21(28)16-19/h5-13,16,22,30H,3-4,14-15,18H2,1-2H3,(H,31,33)(H,32,34). The number of carbonyl (C=O) groups is 1. The molecule has 2 aromatic carbocycles. The van der Waals surface area contributed by atoms with Gasteiger partial charge < -0.3 is 16.0 Å². The van der Waals surface area contributed by atoms with E-state index in [0.717, 1.165) is 18.5 Å². The topological polar surface area (TPSA) is 89.8 Å². The van der Waals surface area contributed by atoms with E-state index in [2.05, 4.69) is 28.9 Å². The summed E-state index contributed by atoms with van der Waals surface area (Å²) in [7, 11) is 0. The van der Waals surface area contributed by atoms with E-state index < -0.39 is 0 Å². The number of halogens is 1. The molecule has 1 amide bonds. The molecule has 6 nitrogen and oxygen atoms in total. The Morgan fingerprint density at radius 2 is 1.94 bits per heavy atom. The molecular weight excluding hydrogens is 429 g/mol.